The van der Waals surface area contributed by atoms with Gasteiger partial charge >= 0.3 is 0 Å². The SMILES string of the molecule is C=CC[Si](C)(C)C1=CC=CCC1. The van der Waals surface area contributed by atoms with Crippen LogP contribution in [0, 0.1) is 0 Å². The van der Waals surface area contributed by atoms with Crippen LogP contribution in [-0.2, 0) is 0 Å². The molecule has 0 atom stereocenters. The third-order valence-electron chi connectivity index (χ3n) is 2.54. The molecule has 0 spiro atoms. The summed E-state index contributed by atoms with van der Waals surface area (Å²) in [7, 11) is -1.11. The molecule has 0 fully saturated rings. The van der Waals surface area contributed by atoms with E-state index in [9.17, 15) is 0 Å². The monoisotopic (exact) mass is 178 g/mol. The Bertz CT molecular complexity index is 221. The Hall–Kier alpha value is -0.563. The highest BCUT2D eigenvalue weighted by molar-refractivity contribution is 6.84. The van der Waals surface area contributed by atoms with E-state index >= 15 is 0 Å². The van der Waals surface area contributed by atoms with E-state index in [2.05, 4.69) is 44.0 Å². The van der Waals surface area contributed by atoms with Crippen LogP contribution in [-0.4, -0.2) is 8.07 Å². The van der Waals surface area contributed by atoms with Gasteiger partial charge in [-0.05, 0) is 18.9 Å². The van der Waals surface area contributed by atoms with Gasteiger partial charge in [-0.15, -0.1) is 6.58 Å². The van der Waals surface area contributed by atoms with Crippen LogP contribution in [0.15, 0.2) is 36.1 Å². The molecule has 1 rings (SSSR count). The average Bonchev–Trinajstić information content (AvgIpc) is 2.06. The van der Waals surface area contributed by atoms with Gasteiger partial charge in [0.2, 0.25) is 0 Å². The highest BCUT2D eigenvalue weighted by Crippen LogP contribution is 2.26. The van der Waals surface area contributed by atoms with Crippen molar-refractivity contribution in [2.45, 2.75) is 32.0 Å². The summed E-state index contributed by atoms with van der Waals surface area (Å²) in [6, 6.07) is 1.21. The summed E-state index contributed by atoms with van der Waals surface area (Å²) in [6.07, 6.45) is 11.4. The molecule has 0 aromatic carbocycles. The first kappa shape index (κ1) is 9.52. The van der Waals surface area contributed by atoms with Crippen LogP contribution < -0.4 is 0 Å². The van der Waals surface area contributed by atoms with Crippen molar-refractivity contribution in [3.05, 3.63) is 36.1 Å². The lowest BCUT2D eigenvalue weighted by molar-refractivity contribution is 1.00. The van der Waals surface area contributed by atoms with Gasteiger partial charge in [0.15, 0.2) is 0 Å². The van der Waals surface area contributed by atoms with E-state index in [0.717, 1.165) is 0 Å². The zero-order chi connectivity index (χ0) is 9.03. The zero-order valence-corrected chi connectivity index (χ0v) is 9.14. The maximum Gasteiger partial charge on any atom is 0.0791 e. The van der Waals surface area contributed by atoms with Crippen molar-refractivity contribution in [2.75, 3.05) is 0 Å². The molecule has 12 heavy (non-hydrogen) atoms. The Morgan fingerprint density at radius 1 is 1.58 bits per heavy atom. The highest BCUT2D eigenvalue weighted by atomic mass is 28.3. The molecule has 1 aliphatic carbocycles. The number of hydrogen-bond donors (Lipinski definition) is 0. The van der Waals surface area contributed by atoms with Crippen LogP contribution in [0.1, 0.15) is 12.8 Å². The smallest absolute Gasteiger partial charge is 0.0791 e. The van der Waals surface area contributed by atoms with E-state index in [0.29, 0.717) is 0 Å². The van der Waals surface area contributed by atoms with E-state index < -0.39 is 8.07 Å². The minimum Gasteiger partial charge on any atom is -0.103 e. The first-order valence-electron chi connectivity index (χ1n) is 4.64. The van der Waals surface area contributed by atoms with Gasteiger partial charge in [-0.25, -0.2) is 0 Å². The molecule has 0 bridgehead atoms. The molecular formula is C11H18Si. The number of rotatable bonds is 3. The van der Waals surface area contributed by atoms with Crippen molar-refractivity contribution < 1.29 is 0 Å². The first-order chi connectivity index (χ1) is 5.67. The molecular weight excluding hydrogens is 160 g/mol. The van der Waals surface area contributed by atoms with Crippen LogP contribution in [0.2, 0.25) is 19.1 Å². The second-order valence-corrected chi connectivity index (χ2v) is 8.85. The molecule has 0 amide bonds. The van der Waals surface area contributed by atoms with Crippen molar-refractivity contribution in [3.8, 4) is 0 Å². The predicted octanol–water partition coefficient (Wildman–Crippen LogP) is 3.70. The molecule has 0 heterocycles. The second kappa shape index (κ2) is 3.90. The van der Waals surface area contributed by atoms with Gasteiger partial charge < -0.3 is 0 Å². The molecule has 66 valence electrons. The predicted molar refractivity (Wildman–Crippen MR) is 58.9 cm³/mol. The minimum absolute atomic E-state index is 1.11. The van der Waals surface area contributed by atoms with Gasteiger partial charge in [-0.3, -0.25) is 0 Å². The van der Waals surface area contributed by atoms with Crippen LogP contribution in [0.4, 0.5) is 0 Å². The average molecular weight is 178 g/mol. The molecule has 0 aromatic rings. The third kappa shape index (κ3) is 2.21. The van der Waals surface area contributed by atoms with E-state index in [-0.39, 0.29) is 0 Å². The standard InChI is InChI=1S/C11H18Si/c1-4-10-12(2,3)11-8-6-5-7-9-11/h4-6,8H,1,7,9-10H2,2-3H3. The van der Waals surface area contributed by atoms with Crippen LogP contribution in [0.3, 0.4) is 0 Å². The quantitative estimate of drug-likeness (QED) is 0.456. The summed E-state index contributed by atoms with van der Waals surface area (Å²) in [5, 5.41) is 1.70. The largest absolute Gasteiger partial charge is 0.103 e. The van der Waals surface area contributed by atoms with Gasteiger partial charge in [0.1, 0.15) is 0 Å². The molecule has 0 nitrogen and oxygen atoms in total. The van der Waals surface area contributed by atoms with E-state index in [4.69, 9.17) is 0 Å². The highest BCUT2D eigenvalue weighted by Gasteiger charge is 2.23. The lowest BCUT2D eigenvalue weighted by Gasteiger charge is -2.25. The Balaban J connectivity index is 2.72. The van der Waals surface area contributed by atoms with Gasteiger partial charge in [0, 0.05) is 0 Å². The van der Waals surface area contributed by atoms with Crippen molar-refractivity contribution in [1.29, 1.82) is 0 Å². The summed E-state index contributed by atoms with van der Waals surface area (Å²) < 4.78 is 0. The minimum atomic E-state index is -1.11. The fourth-order valence-corrected chi connectivity index (χ4v) is 4.01. The van der Waals surface area contributed by atoms with Gasteiger partial charge in [0.05, 0.1) is 8.07 Å². The molecule has 0 aliphatic heterocycles. The summed E-state index contributed by atoms with van der Waals surface area (Å²) in [5.41, 5.74) is 0. The number of hydrogen-bond acceptors (Lipinski definition) is 0. The van der Waals surface area contributed by atoms with Crippen molar-refractivity contribution in [3.63, 3.8) is 0 Å². The summed E-state index contributed by atoms with van der Waals surface area (Å²) >= 11 is 0. The van der Waals surface area contributed by atoms with Crippen molar-refractivity contribution in [2.24, 2.45) is 0 Å². The lowest BCUT2D eigenvalue weighted by atomic mass is 10.2. The normalized spacial score (nSPS) is 17.3. The van der Waals surface area contributed by atoms with Crippen molar-refractivity contribution in [1.82, 2.24) is 0 Å². The summed E-state index contributed by atoms with van der Waals surface area (Å²) in [5.74, 6) is 0. The van der Waals surface area contributed by atoms with Gasteiger partial charge in [0.25, 0.3) is 0 Å². The zero-order valence-electron chi connectivity index (χ0n) is 8.14. The summed E-state index contributed by atoms with van der Waals surface area (Å²) in [6.45, 7) is 8.69. The third-order valence-corrected chi connectivity index (χ3v) is 6.00. The van der Waals surface area contributed by atoms with Crippen molar-refractivity contribution >= 4 is 8.07 Å². The Morgan fingerprint density at radius 3 is 2.83 bits per heavy atom. The maximum atomic E-state index is 3.83. The van der Waals surface area contributed by atoms with Crippen LogP contribution in [0.25, 0.3) is 0 Å². The lowest BCUT2D eigenvalue weighted by Crippen LogP contribution is -2.28. The fraction of sp³-hybridized carbons (Fsp3) is 0.455. The topological polar surface area (TPSA) is 0 Å². The molecule has 0 unspecified atom stereocenters. The van der Waals surface area contributed by atoms with E-state index in [1.165, 1.54) is 18.9 Å². The molecule has 1 heteroatoms. The molecule has 0 N–H and O–H groups in total. The van der Waals surface area contributed by atoms with E-state index in [1.807, 2.05) is 0 Å². The van der Waals surface area contributed by atoms with Crippen LogP contribution in [0.5, 0.6) is 0 Å². The molecule has 0 aromatic heterocycles. The van der Waals surface area contributed by atoms with Gasteiger partial charge in [-0.2, -0.15) is 0 Å². The number of allylic oxidation sites excluding steroid dienone is 5. The molecule has 1 aliphatic rings. The van der Waals surface area contributed by atoms with E-state index in [1.54, 1.807) is 5.20 Å². The molecule has 0 radical (unpaired) electrons. The Kier molecular flexibility index (Phi) is 3.10. The summed E-state index contributed by atoms with van der Waals surface area (Å²) in [4.78, 5) is 0. The van der Waals surface area contributed by atoms with Gasteiger partial charge in [-0.1, -0.05) is 42.6 Å². The second-order valence-electron chi connectivity index (χ2n) is 4.04. The molecule has 0 saturated heterocycles. The Labute approximate surface area is 76.7 Å². The Morgan fingerprint density at radius 2 is 2.33 bits per heavy atom. The molecule has 0 saturated carbocycles. The fourth-order valence-electron chi connectivity index (χ4n) is 1.66. The first-order valence-corrected chi connectivity index (χ1v) is 7.84. The maximum absolute atomic E-state index is 3.83. The van der Waals surface area contributed by atoms with Crippen LogP contribution >= 0.6 is 0 Å².